The van der Waals surface area contributed by atoms with Crippen LogP contribution >= 0.6 is 0 Å². The first-order valence-corrected chi connectivity index (χ1v) is 8.50. The monoisotopic (exact) mass is 315 g/mol. The molecule has 120 valence electrons. The number of hydrogen-bond donors (Lipinski definition) is 0. The third-order valence-electron chi connectivity index (χ3n) is 4.97. The lowest BCUT2D eigenvalue weighted by atomic mass is 9.83. The van der Waals surface area contributed by atoms with E-state index in [2.05, 4.69) is 79.5 Å². The van der Waals surface area contributed by atoms with Gasteiger partial charge in [0.1, 0.15) is 5.69 Å². The highest BCUT2D eigenvalue weighted by Gasteiger charge is 2.30. The lowest BCUT2D eigenvalue weighted by Crippen LogP contribution is -2.32. The molecule has 2 aromatic carbocycles. The molecule has 1 unspecified atom stereocenters. The number of aryl methyl sites for hydroxylation is 1. The van der Waals surface area contributed by atoms with Crippen molar-refractivity contribution in [2.75, 3.05) is 0 Å². The summed E-state index contributed by atoms with van der Waals surface area (Å²) in [5.74, 6) is 0. The molecule has 0 spiro atoms. The zero-order chi connectivity index (χ0) is 16.7. The zero-order valence-corrected chi connectivity index (χ0v) is 14.4. The molecule has 0 saturated carbocycles. The van der Waals surface area contributed by atoms with Gasteiger partial charge in [-0.25, -0.2) is 0 Å². The average Bonchev–Trinajstić information content (AvgIpc) is 2.60. The van der Waals surface area contributed by atoms with Gasteiger partial charge in [-0.1, -0.05) is 43.3 Å². The minimum atomic E-state index is -0.0758. The summed E-state index contributed by atoms with van der Waals surface area (Å²) in [5.41, 5.74) is 6.41. The summed E-state index contributed by atoms with van der Waals surface area (Å²) in [7, 11) is 0. The van der Waals surface area contributed by atoms with E-state index in [1.54, 1.807) is 0 Å². The quantitative estimate of drug-likeness (QED) is 0.698. The number of nitrogens with zero attached hydrogens (tertiary/aromatic N) is 3. The molecule has 1 aliphatic heterocycles. The normalized spacial score (nSPS) is 19.9. The number of hydrogen-bond acceptors (Lipinski definition) is 3. The number of rotatable bonds is 2. The molecule has 0 amide bonds. The Morgan fingerprint density at radius 2 is 1.88 bits per heavy atom. The third-order valence-corrected chi connectivity index (χ3v) is 4.97. The molecule has 0 saturated heterocycles. The van der Waals surface area contributed by atoms with Crippen LogP contribution in [0.3, 0.4) is 0 Å². The molecular formula is C21H21N3. The van der Waals surface area contributed by atoms with Crippen molar-refractivity contribution in [2.24, 2.45) is 4.99 Å². The van der Waals surface area contributed by atoms with Crippen molar-refractivity contribution in [3.63, 3.8) is 0 Å². The predicted octanol–water partition coefficient (Wildman–Crippen LogP) is 4.50. The summed E-state index contributed by atoms with van der Waals surface area (Å²) in [4.78, 5) is 5.08. The molecule has 0 N–H and O–H groups in total. The minimum Gasteiger partial charge on any atom is -0.276 e. The van der Waals surface area contributed by atoms with E-state index in [0.717, 1.165) is 35.2 Å². The highest BCUT2D eigenvalue weighted by atomic mass is 15.1. The van der Waals surface area contributed by atoms with E-state index in [4.69, 9.17) is 4.99 Å². The molecule has 3 heteroatoms. The van der Waals surface area contributed by atoms with Crippen LogP contribution in [0.15, 0.2) is 53.5 Å². The van der Waals surface area contributed by atoms with Gasteiger partial charge in [-0.15, -0.1) is 10.2 Å². The molecule has 0 radical (unpaired) electrons. The van der Waals surface area contributed by atoms with Crippen LogP contribution in [0.5, 0.6) is 0 Å². The van der Waals surface area contributed by atoms with Crippen molar-refractivity contribution < 1.29 is 0 Å². The lowest BCUT2D eigenvalue weighted by Gasteiger charge is -2.31. The van der Waals surface area contributed by atoms with Gasteiger partial charge in [0.05, 0.1) is 16.8 Å². The van der Waals surface area contributed by atoms with Gasteiger partial charge in [0, 0.05) is 10.9 Å². The Morgan fingerprint density at radius 1 is 1.04 bits per heavy atom. The Hall–Kier alpha value is -2.55. The van der Waals surface area contributed by atoms with Crippen molar-refractivity contribution in [1.82, 2.24) is 10.2 Å². The largest absolute Gasteiger partial charge is 0.276 e. The van der Waals surface area contributed by atoms with Crippen LogP contribution in [0.4, 0.5) is 0 Å². The molecule has 0 aliphatic carbocycles. The van der Waals surface area contributed by atoms with Crippen molar-refractivity contribution in [3.05, 3.63) is 70.9 Å². The Kier molecular flexibility index (Phi) is 3.45. The van der Waals surface area contributed by atoms with Gasteiger partial charge in [0.15, 0.2) is 0 Å². The Labute approximate surface area is 142 Å². The standard InChI is InChI=1S/C21H21N3/c1-4-21(3)13-16-7-5-6-8-17(16)20(22-21)19-12-15-10-9-14(2)11-18(15)23-24-19/h5-12H,4,13H2,1-3H3. The smallest absolute Gasteiger partial charge is 0.112 e. The summed E-state index contributed by atoms with van der Waals surface area (Å²) in [6, 6.07) is 16.9. The van der Waals surface area contributed by atoms with Gasteiger partial charge < -0.3 is 0 Å². The second kappa shape index (κ2) is 5.52. The van der Waals surface area contributed by atoms with E-state index >= 15 is 0 Å². The van der Waals surface area contributed by atoms with Crippen LogP contribution in [0, 0.1) is 6.92 Å². The Balaban J connectivity index is 1.91. The van der Waals surface area contributed by atoms with E-state index in [1.165, 1.54) is 16.7 Å². The van der Waals surface area contributed by atoms with Gasteiger partial charge >= 0.3 is 0 Å². The van der Waals surface area contributed by atoms with Gasteiger partial charge in [-0.05, 0) is 49.9 Å². The Bertz CT molecular complexity index is 958. The number of fused-ring (bicyclic) bond motifs is 2. The summed E-state index contributed by atoms with van der Waals surface area (Å²) in [5, 5.41) is 10.0. The SMILES string of the molecule is CCC1(C)Cc2ccccc2C(c2cc3ccc(C)cc3nn2)=N1. The van der Waals surface area contributed by atoms with Crippen LogP contribution in [0.2, 0.25) is 0 Å². The minimum absolute atomic E-state index is 0.0758. The third kappa shape index (κ3) is 2.50. The van der Waals surface area contributed by atoms with E-state index in [9.17, 15) is 0 Å². The fourth-order valence-electron chi connectivity index (χ4n) is 3.35. The zero-order valence-electron chi connectivity index (χ0n) is 14.4. The van der Waals surface area contributed by atoms with E-state index < -0.39 is 0 Å². The topological polar surface area (TPSA) is 38.1 Å². The van der Waals surface area contributed by atoms with Crippen LogP contribution in [0.1, 0.15) is 42.7 Å². The van der Waals surface area contributed by atoms with Crippen LogP contribution in [-0.4, -0.2) is 21.4 Å². The lowest BCUT2D eigenvalue weighted by molar-refractivity contribution is 0.448. The van der Waals surface area contributed by atoms with Gasteiger partial charge in [0.2, 0.25) is 0 Å². The molecule has 1 aromatic heterocycles. The first-order valence-electron chi connectivity index (χ1n) is 8.50. The summed E-state index contributed by atoms with van der Waals surface area (Å²) >= 11 is 0. The Morgan fingerprint density at radius 3 is 2.71 bits per heavy atom. The maximum Gasteiger partial charge on any atom is 0.112 e. The fourth-order valence-corrected chi connectivity index (χ4v) is 3.35. The number of aromatic nitrogens is 2. The molecule has 3 nitrogen and oxygen atoms in total. The molecule has 0 fully saturated rings. The molecule has 1 aliphatic rings. The van der Waals surface area contributed by atoms with Gasteiger partial charge in [-0.2, -0.15) is 0 Å². The van der Waals surface area contributed by atoms with E-state index in [1.807, 2.05) is 0 Å². The van der Waals surface area contributed by atoms with Crippen LogP contribution < -0.4 is 0 Å². The second-order valence-electron chi connectivity index (χ2n) is 6.94. The van der Waals surface area contributed by atoms with Crippen molar-refractivity contribution in [2.45, 2.75) is 39.2 Å². The first kappa shape index (κ1) is 15.0. The highest BCUT2D eigenvalue weighted by molar-refractivity contribution is 6.14. The number of aliphatic imine (C=N–C) groups is 1. The van der Waals surface area contributed by atoms with Crippen molar-refractivity contribution >= 4 is 16.6 Å². The molecule has 1 atom stereocenters. The van der Waals surface area contributed by atoms with Crippen LogP contribution in [0.25, 0.3) is 10.9 Å². The molecule has 2 heterocycles. The molecule has 4 rings (SSSR count). The summed E-state index contributed by atoms with van der Waals surface area (Å²) in [6.45, 7) is 6.49. The summed E-state index contributed by atoms with van der Waals surface area (Å²) in [6.07, 6.45) is 1.98. The first-order chi connectivity index (χ1) is 11.6. The molecule has 3 aromatic rings. The van der Waals surface area contributed by atoms with Crippen molar-refractivity contribution in [1.29, 1.82) is 0 Å². The van der Waals surface area contributed by atoms with Gasteiger partial charge in [-0.3, -0.25) is 4.99 Å². The average molecular weight is 315 g/mol. The molecular weight excluding hydrogens is 294 g/mol. The fraction of sp³-hybridized carbons (Fsp3) is 0.286. The van der Waals surface area contributed by atoms with E-state index in [0.29, 0.717) is 0 Å². The van der Waals surface area contributed by atoms with Gasteiger partial charge in [0.25, 0.3) is 0 Å². The number of benzene rings is 2. The summed E-state index contributed by atoms with van der Waals surface area (Å²) < 4.78 is 0. The van der Waals surface area contributed by atoms with E-state index in [-0.39, 0.29) is 5.54 Å². The predicted molar refractivity (Wildman–Crippen MR) is 98.8 cm³/mol. The maximum absolute atomic E-state index is 5.08. The van der Waals surface area contributed by atoms with Crippen molar-refractivity contribution in [3.8, 4) is 0 Å². The molecule has 24 heavy (non-hydrogen) atoms. The molecule has 0 bridgehead atoms. The highest BCUT2D eigenvalue weighted by Crippen LogP contribution is 2.31. The van der Waals surface area contributed by atoms with Crippen LogP contribution in [-0.2, 0) is 6.42 Å². The maximum atomic E-state index is 5.08. The second-order valence-corrected chi connectivity index (χ2v) is 6.94.